The van der Waals surface area contributed by atoms with E-state index in [4.69, 9.17) is 0 Å². The summed E-state index contributed by atoms with van der Waals surface area (Å²) in [5.74, 6) is -0.0367. The van der Waals surface area contributed by atoms with Gasteiger partial charge in [-0.2, -0.15) is 5.10 Å². The third-order valence-electron chi connectivity index (χ3n) is 4.05. The van der Waals surface area contributed by atoms with Crippen molar-refractivity contribution >= 4 is 30.0 Å². The minimum absolute atomic E-state index is 0.0487. The summed E-state index contributed by atoms with van der Waals surface area (Å²) in [6.07, 6.45) is 0. The maximum atomic E-state index is 12.3. The largest absolute Gasteiger partial charge is 0.321 e. The molecule has 1 heterocycles. The Bertz CT molecular complexity index is 1040. The third-order valence-corrected chi connectivity index (χ3v) is 4.05. The molecule has 7 heteroatoms. The smallest absolute Gasteiger partial charge is 0.273 e. The van der Waals surface area contributed by atoms with Crippen LogP contribution in [0.15, 0.2) is 77.9 Å². The number of hydrogen-bond donors (Lipinski definition) is 2. The summed E-state index contributed by atoms with van der Waals surface area (Å²) in [6.45, 7) is 6.78. The summed E-state index contributed by atoms with van der Waals surface area (Å²) in [4.78, 5) is 27.6. The number of aryl methyl sites for hydroxylation is 1. The van der Waals surface area contributed by atoms with Crippen LogP contribution in [0.3, 0.4) is 0 Å². The molecule has 3 aromatic rings. The van der Waals surface area contributed by atoms with E-state index in [1.54, 1.807) is 42.1 Å². The highest BCUT2D eigenvalue weighted by Gasteiger charge is 2.12. The number of nitrogens with zero attached hydrogens (tertiary/aromatic N) is 3. The van der Waals surface area contributed by atoms with E-state index >= 15 is 0 Å². The van der Waals surface area contributed by atoms with E-state index in [0.717, 1.165) is 5.56 Å². The van der Waals surface area contributed by atoms with Crippen molar-refractivity contribution in [1.82, 2.24) is 9.78 Å². The van der Waals surface area contributed by atoms with Crippen molar-refractivity contribution in [3.8, 4) is 11.3 Å². The predicted molar refractivity (Wildman–Crippen MR) is 110 cm³/mol. The van der Waals surface area contributed by atoms with Crippen LogP contribution in [0.4, 0.5) is 11.5 Å². The standard InChI is InChI=1S/C21H19N5O2/c1-14(22-2)20(27)23-17-11-9-15(10-12-17)18-13-19(26(3)25-18)24-21(28)16-7-5-4-6-8-16/h4-13H,1-2H2,3H3,(H,23,27)(H,24,28). The van der Waals surface area contributed by atoms with Crippen molar-refractivity contribution in [2.45, 2.75) is 0 Å². The van der Waals surface area contributed by atoms with E-state index in [2.05, 4.69) is 34.0 Å². The van der Waals surface area contributed by atoms with E-state index in [9.17, 15) is 9.59 Å². The van der Waals surface area contributed by atoms with Gasteiger partial charge in [-0.15, -0.1) is 0 Å². The predicted octanol–water partition coefficient (Wildman–Crippen LogP) is 3.49. The zero-order valence-electron chi connectivity index (χ0n) is 15.3. The summed E-state index contributed by atoms with van der Waals surface area (Å²) < 4.78 is 1.60. The molecular weight excluding hydrogens is 354 g/mol. The normalized spacial score (nSPS) is 10.2. The van der Waals surface area contributed by atoms with Gasteiger partial charge in [0.2, 0.25) is 0 Å². The SMILES string of the molecule is C=NC(=C)C(=O)Nc1ccc(-c2cc(NC(=O)c3ccccc3)n(C)n2)cc1. The van der Waals surface area contributed by atoms with E-state index in [0.29, 0.717) is 22.8 Å². The quantitative estimate of drug-likeness (QED) is 0.512. The van der Waals surface area contributed by atoms with Gasteiger partial charge in [0.25, 0.3) is 11.8 Å². The highest BCUT2D eigenvalue weighted by molar-refractivity contribution is 6.04. The second-order valence-electron chi connectivity index (χ2n) is 5.99. The Balaban J connectivity index is 1.73. The van der Waals surface area contributed by atoms with Gasteiger partial charge < -0.3 is 10.6 Å². The minimum Gasteiger partial charge on any atom is -0.321 e. The van der Waals surface area contributed by atoms with Crippen molar-refractivity contribution < 1.29 is 9.59 Å². The molecular formula is C21H19N5O2. The first kappa shape index (κ1) is 18.8. The lowest BCUT2D eigenvalue weighted by atomic mass is 10.1. The first-order valence-corrected chi connectivity index (χ1v) is 8.46. The Morgan fingerprint density at radius 1 is 1.04 bits per heavy atom. The van der Waals surface area contributed by atoms with Gasteiger partial charge >= 0.3 is 0 Å². The van der Waals surface area contributed by atoms with Gasteiger partial charge in [0, 0.05) is 29.9 Å². The lowest BCUT2D eigenvalue weighted by Gasteiger charge is -2.05. The molecule has 0 bridgehead atoms. The summed E-state index contributed by atoms with van der Waals surface area (Å²) in [6, 6.07) is 17.9. The lowest BCUT2D eigenvalue weighted by molar-refractivity contribution is -0.112. The fraction of sp³-hybridized carbons (Fsp3) is 0.0476. The van der Waals surface area contributed by atoms with Gasteiger partial charge in [-0.1, -0.05) is 36.9 Å². The van der Waals surface area contributed by atoms with Gasteiger partial charge in [0.15, 0.2) is 0 Å². The molecule has 1 aromatic heterocycles. The zero-order valence-corrected chi connectivity index (χ0v) is 15.3. The molecule has 2 amide bonds. The number of aromatic nitrogens is 2. The number of rotatable bonds is 6. The summed E-state index contributed by atoms with van der Waals surface area (Å²) in [5.41, 5.74) is 2.76. The molecule has 0 aliphatic carbocycles. The average molecular weight is 373 g/mol. The monoisotopic (exact) mass is 373 g/mol. The van der Waals surface area contributed by atoms with Crippen LogP contribution in [-0.4, -0.2) is 28.3 Å². The molecule has 2 aromatic carbocycles. The number of amides is 2. The molecule has 0 aliphatic heterocycles. The number of aliphatic imine (C=N–C) groups is 1. The zero-order chi connectivity index (χ0) is 20.1. The minimum atomic E-state index is -0.411. The molecule has 140 valence electrons. The Labute approximate surface area is 162 Å². The van der Waals surface area contributed by atoms with Gasteiger partial charge in [-0.3, -0.25) is 19.3 Å². The number of carbonyl (C=O) groups is 2. The van der Waals surface area contributed by atoms with Crippen LogP contribution in [0, 0.1) is 0 Å². The fourth-order valence-corrected chi connectivity index (χ4v) is 2.50. The molecule has 0 spiro atoms. The lowest BCUT2D eigenvalue weighted by Crippen LogP contribution is -2.14. The molecule has 3 rings (SSSR count). The fourth-order valence-electron chi connectivity index (χ4n) is 2.50. The summed E-state index contributed by atoms with van der Waals surface area (Å²) >= 11 is 0. The van der Waals surface area contributed by atoms with Gasteiger partial charge in [0.05, 0.1) is 5.69 Å². The van der Waals surface area contributed by atoms with E-state index in [1.807, 2.05) is 30.3 Å². The highest BCUT2D eigenvalue weighted by atomic mass is 16.2. The van der Waals surface area contributed by atoms with Gasteiger partial charge in [-0.25, -0.2) is 0 Å². The van der Waals surface area contributed by atoms with Gasteiger partial charge in [0.1, 0.15) is 11.5 Å². The Morgan fingerprint density at radius 3 is 2.36 bits per heavy atom. The number of carbonyl (C=O) groups excluding carboxylic acids is 2. The van der Waals surface area contributed by atoms with Crippen LogP contribution < -0.4 is 10.6 Å². The van der Waals surface area contributed by atoms with Crippen LogP contribution in [0.2, 0.25) is 0 Å². The summed E-state index contributed by atoms with van der Waals surface area (Å²) in [5, 5.41) is 9.97. The molecule has 2 N–H and O–H groups in total. The molecule has 0 atom stereocenters. The number of anilines is 2. The van der Waals surface area contributed by atoms with Crippen molar-refractivity contribution in [3.05, 3.63) is 78.5 Å². The number of nitrogens with one attached hydrogen (secondary N) is 2. The first-order valence-electron chi connectivity index (χ1n) is 8.46. The molecule has 0 unspecified atom stereocenters. The topological polar surface area (TPSA) is 88.4 Å². The van der Waals surface area contributed by atoms with Crippen molar-refractivity contribution in [1.29, 1.82) is 0 Å². The molecule has 0 saturated carbocycles. The van der Waals surface area contributed by atoms with Crippen molar-refractivity contribution in [3.63, 3.8) is 0 Å². The second-order valence-corrected chi connectivity index (χ2v) is 5.99. The van der Waals surface area contributed by atoms with Crippen LogP contribution >= 0.6 is 0 Å². The van der Waals surface area contributed by atoms with Crippen LogP contribution in [0.5, 0.6) is 0 Å². The molecule has 7 nitrogen and oxygen atoms in total. The summed E-state index contributed by atoms with van der Waals surface area (Å²) in [7, 11) is 1.76. The Kier molecular flexibility index (Phi) is 5.45. The molecule has 0 radical (unpaired) electrons. The van der Waals surface area contributed by atoms with Crippen LogP contribution in [0.1, 0.15) is 10.4 Å². The Morgan fingerprint density at radius 2 is 1.71 bits per heavy atom. The van der Waals surface area contributed by atoms with E-state index in [1.165, 1.54) is 0 Å². The number of benzene rings is 2. The Hall–Kier alpha value is -4.00. The molecule has 0 aliphatic rings. The second kappa shape index (κ2) is 8.13. The van der Waals surface area contributed by atoms with E-state index < -0.39 is 5.91 Å². The van der Waals surface area contributed by atoms with Crippen molar-refractivity contribution in [2.75, 3.05) is 10.6 Å². The maximum Gasteiger partial charge on any atom is 0.273 e. The van der Waals surface area contributed by atoms with Crippen molar-refractivity contribution in [2.24, 2.45) is 12.0 Å². The molecule has 0 saturated heterocycles. The molecule has 0 fully saturated rings. The van der Waals surface area contributed by atoms with Gasteiger partial charge in [-0.05, 0) is 31.0 Å². The first-order chi connectivity index (χ1) is 13.5. The maximum absolute atomic E-state index is 12.3. The highest BCUT2D eigenvalue weighted by Crippen LogP contribution is 2.23. The average Bonchev–Trinajstić information content (AvgIpc) is 3.08. The molecule has 28 heavy (non-hydrogen) atoms. The van der Waals surface area contributed by atoms with Crippen LogP contribution in [0.25, 0.3) is 11.3 Å². The number of hydrogen-bond acceptors (Lipinski definition) is 4. The third kappa shape index (κ3) is 4.21. The van der Waals surface area contributed by atoms with Crippen LogP contribution in [-0.2, 0) is 11.8 Å². The van der Waals surface area contributed by atoms with E-state index in [-0.39, 0.29) is 11.6 Å².